The van der Waals surface area contributed by atoms with Crippen LogP contribution in [0, 0.1) is 0 Å². The van der Waals surface area contributed by atoms with Crippen LogP contribution >= 0.6 is 0 Å². The third kappa shape index (κ3) is 5.81. The average molecular weight is 354 g/mol. The van der Waals surface area contributed by atoms with E-state index in [0.29, 0.717) is 24.6 Å². The standard InChI is InChI=1S/C20H26N4O2/c25-20(18-6-4-8-21-15-18)23-9-5-13-26-19-14-17(7-10-22-19)16-24-11-2-1-3-12-24/h4,6-8,10,14-15H,1-3,5,9,11-13,16H2,(H,23,25). The van der Waals surface area contributed by atoms with Crippen molar-refractivity contribution in [1.29, 1.82) is 0 Å². The molecular formula is C20H26N4O2. The molecule has 0 spiro atoms. The maximum atomic E-state index is 11.9. The summed E-state index contributed by atoms with van der Waals surface area (Å²) in [5.74, 6) is 0.540. The lowest BCUT2D eigenvalue weighted by atomic mass is 10.1. The van der Waals surface area contributed by atoms with Crippen molar-refractivity contribution in [3.63, 3.8) is 0 Å². The molecule has 26 heavy (non-hydrogen) atoms. The molecule has 1 fully saturated rings. The van der Waals surface area contributed by atoms with Gasteiger partial charge in [-0.1, -0.05) is 6.42 Å². The second kappa shape index (κ2) is 9.87. The fourth-order valence-electron chi connectivity index (χ4n) is 3.05. The van der Waals surface area contributed by atoms with Crippen LogP contribution in [0.4, 0.5) is 0 Å². The number of rotatable bonds is 8. The molecule has 6 nitrogen and oxygen atoms in total. The van der Waals surface area contributed by atoms with Crippen molar-refractivity contribution < 1.29 is 9.53 Å². The highest BCUT2D eigenvalue weighted by atomic mass is 16.5. The minimum atomic E-state index is -0.111. The molecule has 3 rings (SSSR count). The lowest BCUT2D eigenvalue weighted by Gasteiger charge is -2.26. The van der Waals surface area contributed by atoms with E-state index in [1.54, 1.807) is 30.7 Å². The van der Waals surface area contributed by atoms with Crippen LogP contribution in [-0.4, -0.2) is 47.0 Å². The van der Waals surface area contributed by atoms with Gasteiger partial charge in [0.2, 0.25) is 5.88 Å². The van der Waals surface area contributed by atoms with E-state index in [9.17, 15) is 4.79 Å². The molecule has 1 N–H and O–H groups in total. The first-order valence-electron chi connectivity index (χ1n) is 9.29. The van der Waals surface area contributed by atoms with E-state index < -0.39 is 0 Å². The Hall–Kier alpha value is -2.47. The van der Waals surface area contributed by atoms with Crippen LogP contribution in [0.5, 0.6) is 5.88 Å². The van der Waals surface area contributed by atoms with Crippen molar-refractivity contribution in [1.82, 2.24) is 20.2 Å². The molecule has 1 amide bonds. The number of nitrogens with zero attached hydrogens (tertiary/aromatic N) is 3. The van der Waals surface area contributed by atoms with E-state index in [1.165, 1.54) is 37.9 Å². The Labute approximate surface area is 154 Å². The number of aromatic nitrogens is 2. The van der Waals surface area contributed by atoms with Gasteiger partial charge in [-0.25, -0.2) is 4.98 Å². The number of piperidine rings is 1. The minimum Gasteiger partial charge on any atom is -0.478 e. The second-order valence-corrected chi connectivity index (χ2v) is 6.54. The molecule has 3 heterocycles. The number of carbonyl (C=O) groups is 1. The molecule has 6 heteroatoms. The molecule has 138 valence electrons. The van der Waals surface area contributed by atoms with Crippen molar-refractivity contribution >= 4 is 5.91 Å². The van der Waals surface area contributed by atoms with Crippen LogP contribution in [-0.2, 0) is 6.54 Å². The van der Waals surface area contributed by atoms with E-state index in [0.717, 1.165) is 13.0 Å². The van der Waals surface area contributed by atoms with Gasteiger partial charge >= 0.3 is 0 Å². The third-order valence-corrected chi connectivity index (χ3v) is 4.43. The van der Waals surface area contributed by atoms with Crippen molar-refractivity contribution in [3.8, 4) is 5.88 Å². The maximum absolute atomic E-state index is 11.9. The highest BCUT2D eigenvalue weighted by molar-refractivity contribution is 5.93. The van der Waals surface area contributed by atoms with Crippen LogP contribution in [0.2, 0.25) is 0 Å². The number of amides is 1. The molecule has 0 aliphatic carbocycles. The number of likely N-dealkylation sites (tertiary alicyclic amines) is 1. The third-order valence-electron chi connectivity index (χ3n) is 4.43. The largest absolute Gasteiger partial charge is 0.478 e. The zero-order valence-electron chi connectivity index (χ0n) is 15.1. The SMILES string of the molecule is O=C(NCCCOc1cc(CN2CCCCC2)ccn1)c1cccnc1. The van der Waals surface area contributed by atoms with Gasteiger partial charge in [0, 0.05) is 37.7 Å². The van der Waals surface area contributed by atoms with Gasteiger partial charge in [0.25, 0.3) is 5.91 Å². The van der Waals surface area contributed by atoms with E-state index in [1.807, 2.05) is 6.07 Å². The summed E-state index contributed by atoms with van der Waals surface area (Å²) >= 11 is 0. The topological polar surface area (TPSA) is 67.3 Å². The lowest BCUT2D eigenvalue weighted by molar-refractivity contribution is 0.0951. The van der Waals surface area contributed by atoms with Gasteiger partial charge in [0.15, 0.2) is 0 Å². The van der Waals surface area contributed by atoms with Gasteiger partial charge < -0.3 is 10.1 Å². The molecule has 1 saturated heterocycles. The van der Waals surface area contributed by atoms with Gasteiger partial charge in [0.05, 0.1) is 12.2 Å². The Morgan fingerprint density at radius 1 is 1.19 bits per heavy atom. The summed E-state index contributed by atoms with van der Waals surface area (Å²) < 4.78 is 5.73. The number of carbonyl (C=O) groups excluding carboxylic acids is 1. The summed E-state index contributed by atoms with van der Waals surface area (Å²) in [5.41, 5.74) is 1.81. The second-order valence-electron chi connectivity index (χ2n) is 6.54. The Balaban J connectivity index is 1.36. The summed E-state index contributed by atoms with van der Waals surface area (Å²) in [6.45, 7) is 4.39. The van der Waals surface area contributed by atoms with E-state index in [4.69, 9.17) is 4.74 Å². The highest BCUT2D eigenvalue weighted by Gasteiger charge is 2.11. The predicted octanol–water partition coefficient (Wildman–Crippen LogP) is 2.66. The Morgan fingerprint density at radius 2 is 2.08 bits per heavy atom. The van der Waals surface area contributed by atoms with Crippen molar-refractivity contribution in [3.05, 3.63) is 54.0 Å². The van der Waals surface area contributed by atoms with Crippen molar-refractivity contribution in [2.75, 3.05) is 26.2 Å². The number of ether oxygens (including phenoxy) is 1. The first-order valence-corrected chi connectivity index (χ1v) is 9.29. The first kappa shape index (κ1) is 18.3. The molecule has 1 aliphatic rings. The van der Waals surface area contributed by atoms with Gasteiger partial charge in [-0.2, -0.15) is 0 Å². The zero-order chi connectivity index (χ0) is 18.0. The van der Waals surface area contributed by atoms with E-state index in [2.05, 4.69) is 26.3 Å². The fraction of sp³-hybridized carbons (Fsp3) is 0.450. The normalized spacial score (nSPS) is 14.8. The number of pyridine rings is 2. The molecule has 0 saturated carbocycles. The fourth-order valence-corrected chi connectivity index (χ4v) is 3.05. The number of hydrogen-bond acceptors (Lipinski definition) is 5. The Bertz CT molecular complexity index is 687. The summed E-state index contributed by atoms with van der Waals surface area (Å²) in [4.78, 5) is 22.6. The number of nitrogens with one attached hydrogen (secondary N) is 1. The van der Waals surface area contributed by atoms with Crippen molar-refractivity contribution in [2.45, 2.75) is 32.2 Å². The molecule has 0 radical (unpaired) electrons. The lowest BCUT2D eigenvalue weighted by Crippen LogP contribution is -2.29. The van der Waals surface area contributed by atoms with Crippen LogP contribution < -0.4 is 10.1 Å². The Morgan fingerprint density at radius 3 is 2.88 bits per heavy atom. The first-order chi connectivity index (χ1) is 12.8. The van der Waals surface area contributed by atoms with Crippen molar-refractivity contribution in [2.24, 2.45) is 0 Å². The quantitative estimate of drug-likeness (QED) is 0.738. The molecule has 0 aromatic carbocycles. The van der Waals surface area contributed by atoms with E-state index in [-0.39, 0.29) is 5.91 Å². The summed E-state index contributed by atoms with van der Waals surface area (Å²) in [7, 11) is 0. The summed E-state index contributed by atoms with van der Waals surface area (Å²) in [6, 6.07) is 7.57. The minimum absolute atomic E-state index is 0.111. The van der Waals surface area contributed by atoms with Crippen LogP contribution in [0.3, 0.4) is 0 Å². The molecule has 1 aliphatic heterocycles. The van der Waals surface area contributed by atoms with Gasteiger partial charge in [-0.3, -0.25) is 14.7 Å². The molecule has 0 bridgehead atoms. The molecule has 0 atom stereocenters. The summed E-state index contributed by atoms with van der Waals surface area (Å²) in [5, 5.41) is 2.86. The van der Waals surface area contributed by atoms with Crippen LogP contribution in [0.1, 0.15) is 41.6 Å². The maximum Gasteiger partial charge on any atom is 0.252 e. The van der Waals surface area contributed by atoms with Crippen LogP contribution in [0.15, 0.2) is 42.9 Å². The zero-order valence-corrected chi connectivity index (χ0v) is 15.1. The predicted molar refractivity (Wildman–Crippen MR) is 100 cm³/mol. The number of hydrogen-bond donors (Lipinski definition) is 1. The molecular weight excluding hydrogens is 328 g/mol. The molecule has 0 unspecified atom stereocenters. The van der Waals surface area contributed by atoms with Gasteiger partial charge in [-0.15, -0.1) is 0 Å². The van der Waals surface area contributed by atoms with E-state index >= 15 is 0 Å². The smallest absolute Gasteiger partial charge is 0.252 e. The highest BCUT2D eigenvalue weighted by Crippen LogP contribution is 2.15. The molecule has 2 aromatic rings. The molecule has 2 aromatic heterocycles. The Kier molecular flexibility index (Phi) is 6.96. The average Bonchev–Trinajstić information content (AvgIpc) is 2.69. The van der Waals surface area contributed by atoms with Gasteiger partial charge in [0.1, 0.15) is 0 Å². The summed E-state index contributed by atoms with van der Waals surface area (Å²) in [6.07, 6.45) is 9.67. The van der Waals surface area contributed by atoms with Gasteiger partial charge in [-0.05, 0) is 56.1 Å². The van der Waals surface area contributed by atoms with Crippen LogP contribution in [0.25, 0.3) is 0 Å². The monoisotopic (exact) mass is 354 g/mol.